The molecule has 4 rings (SSSR count). The molecule has 1 N–H and O–H groups in total. The normalized spacial score (nSPS) is 20.9. The fourth-order valence-corrected chi connectivity index (χ4v) is 6.02. The van der Waals surface area contributed by atoms with E-state index in [-0.39, 0.29) is 22.6 Å². The van der Waals surface area contributed by atoms with Crippen molar-refractivity contribution >= 4 is 39.1 Å². The maximum Gasteiger partial charge on any atom is 0.296 e. The SMILES string of the molecule is CCCN1C(=O)C2(/C(=C(\O)c3cccc(S(=O)(=O)N(C)C)c3)C(=O)C(=O)N2CCN(C)C)c2ccccc21. The van der Waals surface area contributed by atoms with Gasteiger partial charge in [0.15, 0.2) is 5.54 Å². The van der Waals surface area contributed by atoms with E-state index in [1.165, 1.54) is 43.3 Å². The van der Waals surface area contributed by atoms with Gasteiger partial charge in [-0.25, -0.2) is 12.7 Å². The first-order valence-electron chi connectivity index (χ1n) is 12.3. The van der Waals surface area contributed by atoms with Crippen LogP contribution in [0.25, 0.3) is 5.76 Å². The minimum Gasteiger partial charge on any atom is -0.507 e. The molecule has 0 bridgehead atoms. The number of aliphatic hydroxyl groups excluding tert-OH is 1. The van der Waals surface area contributed by atoms with Crippen molar-refractivity contribution in [1.29, 1.82) is 0 Å². The molecule has 1 fully saturated rings. The van der Waals surface area contributed by atoms with Gasteiger partial charge in [0.25, 0.3) is 17.6 Å². The molecular formula is C27H32N4O6S. The Balaban J connectivity index is 2.04. The first-order valence-corrected chi connectivity index (χ1v) is 13.7. The van der Waals surface area contributed by atoms with Gasteiger partial charge in [-0.2, -0.15) is 0 Å². The Morgan fingerprint density at radius 2 is 1.66 bits per heavy atom. The van der Waals surface area contributed by atoms with E-state index in [9.17, 15) is 27.9 Å². The van der Waals surface area contributed by atoms with E-state index in [1.54, 1.807) is 29.2 Å². The van der Waals surface area contributed by atoms with Gasteiger partial charge in [0.1, 0.15) is 5.76 Å². The van der Waals surface area contributed by atoms with E-state index in [0.29, 0.717) is 30.8 Å². The lowest BCUT2D eigenvalue weighted by molar-refractivity contribution is -0.143. The highest BCUT2D eigenvalue weighted by molar-refractivity contribution is 7.89. The fraction of sp³-hybridized carbons (Fsp3) is 0.370. The van der Waals surface area contributed by atoms with E-state index in [0.717, 1.165) is 4.31 Å². The molecule has 2 heterocycles. The Hall–Kier alpha value is -3.54. The number of Topliss-reactive ketones (excluding diaryl/α,β-unsaturated/α-hetero) is 1. The Morgan fingerprint density at radius 1 is 0.974 bits per heavy atom. The lowest BCUT2D eigenvalue weighted by atomic mass is 9.82. The second-order valence-electron chi connectivity index (χ2n) is 9.81. The van der Waals surface area contributed by atoms with Crippen LogP contribution in [0.2, 0.25) is 0 Å². The van der Waals surface area contributed by atoms with Crippen LogP contribution in [0.3, 0.4) is 0 Å². The summed E-state index contributed by atoms with van der Waals surface area (Å²) in [7, 11) is 2.54. The maximum atomic E-state index is 14.3. The molecule has 1 unspecified atom stereocenters. The number of hydrogen-bond donors (Lipinski definition) is 1. The van der Waals surface area contributed by atoms with Gasteiger partial charge in [-0.1, -0.05) is 37.3 Å². The van der Waals surface area contributed by atoms with Gasteiger partial charge in [0, 0.05) is 44.9 Å². The molecule has 2 amide bonds. The number of aliphatic hydroxyl groups is 1. The standard InChI is InChI=1S/C27H32N4O6S/c1-6-14-30-21-13-8-7-12-20(21)27(26(30)35)22(24(33)25(34)31(27)16-15-28(2)3)23(32)18-10-9-11-19(17-18)38(36,37)29(4)5/h7-13,17,32H,6,14-16H2,1-5H3/b23-22-. The van der Waals surface area contributed by atoms with Crippen molar-refractivity contribution in [2.24, 2.45) is 0 Å². The summed E-state index contributed by atoms with van der Waals surface area (Å²) in [6.45, 7) is 2.70. The van der Waals surface area contributed by atoms with Crippen molar-refractivity contribution in [2.45, 2.75) is 23.8 Å². The molecule has 2 aliphatic rings. The number of anilines is 1. The summed E-state index contributed by atoms with van der Waals surface area (Å²) in [4.78, 5) is 46.0. The highest BCUT2D eigenvalue weighted by Crippen LogP contribution is 2.53. The molecule has 1 saturated heterocycles. The summed E-state index contributed by atoms with van der Waals surface area (Å²) < 4.78 is 26.6. The predicted octanol–water partition coefficient (Wildman–Crippen LogP) is 1.83. The Labute approximate surface area is 222 Å². The minimum absolute atomic E-state index is 0.0112. The summed E-state index contributed by atoms with van der Waals surface area (Å²) >= 11 is 0. The lowest BCUT2D eigenvalue weighted by Gasteiger charge is -2.35. The highest BCUT2D eigenvalue weighted by Gasteiger charge is 2.66. The van der Waals surface area contributed by atoms with Crippen LogP contribution >= 0.6 is 0 Å². The largest absolute Gasteiger partial charge is 0.507 e. The van der Waals surface area contributed by atoms with Gasteiger partial charge in [-0.15, -0.1) is 0 Å². The monoisotopic (exact) mass is 540 g/mol. The Kier molecular flexibility index (Phi) is 7.21. The zero-order chi connectivity index (χ0) is 28.0. The summed E-state index contributed by atoms with van der Waals surface area (Å²) in [5.41, 5.74) is -1.24. The number of fused-ring (bicyclic) bond motifs is 2. The van der Waals surface area contributed by atoms with E-state index >= 15 is 0 Å². The third-order valence-corrected chi connectivity index (χ3v) is 8.72. The van der Waals surface area contributed by atoms with E-state index in [1.807, 2.05) is 25.9 Å². The molecule has 11 heteroatoms. The van der Waals surface area contributed by atoms with Crippen molar-refractivity contribution in [1.82, 2.24) is 14.1 Å². The number of carbonyl (C=O) groups is 3. The minimum atomic E-state index is -3.86. The topological polar surface area (TPSA) is 119 Å². The number of para-hydroxylation sites is 1. The van der Waals surface area contributed by atoms with Crippen LogP contribution in [0, 0.1) is 0 Å². The molecule has 0 aliphatic carbocycles. The second-order valence-corrected chi connectivity index (χ2v) is 12.0. The number of likely N-dealkylation sites (tertiary alicyclic amines) is 1. The van der Waals surface area contributed by atoms with Crippen molar-refractivity contribution in [2.75, 3.05) is 52.7 Å². The number of nitrogens with zero attached hydrogens (tertiary/aromatic N) is 4. The lowest BCUT2D eigenvalue weighted by Crippen LogP contribution is -2.53. The van der Waals surface area contributed by atoms with Crippen LogP contribution in [-0.2, 0) is 29.9 Å². The highest BCUT2D eigenvalue weighted by atomic mass is 32.2. The number of amides is 2. The van der Waals surface area contributed by atoms with Crippen LogP contribution in [0.5, 0.6) is 0 Å². The predicted molar refractivity (Wildman–Crippen MR) is 143 cm³/mol. The van der Waals surface area contributed by atoms with E-state index < -0.39 is 38.9 Å². The molecule has 1 atom stereocenters. The third kappa shape index (κ3) is 4.01. The molecule has 0 radical (unpaired) electrons. The van der Waals surface area contributed by atoms with Crippen LogP contribution in [0.4, 0.5) is 5.69 Å². The second kappa shape index (κ2) is 9.97. The molecule has 38 heavy (non-hydrogen) atoms. The van der Waals surface area contributed by atoms with Crippen molar-refractivity contribution in [3.8, 4) is 0 Å². The van der Waals surface area contributed by atoms with Gasteiger partial charge in [-0.05, 0) is 38.7 Å². The third-order valence-electron chi connectivity index (χ3n) is 6.91. The number of rotatable bonds is 8. The van der Waals surface area contributed by atoms with Gasteiger partial charge in [0.05, 0.1) is 16.2 Å². The number of ketones is 1. The zero-order valence-electron chi connectivity index (χ0n) is 22.1. The average Bonchev–Trinajstić information content (AvgIpc) is 3.25. The fourth-order valence-electron chi connectivity index (χ4n) is 5.07. The van der Waals surface area contributed by atoms with Crippen LogP contribution < -0.4 is 4.90 Å². The summed E-state index contributed by atoms with van der Waals surface area (Å²) in [5, 5.41) is 11.6. The first kappa shape index (κ1) is 27.5. The molecule has 2 aromatic carbocycles. The molecular weight excluding hydrogens is 508 g/mol. The smallest absolute Gasteiger partial charge is 0.296 e. The first-order chi connectivity index (χ1) is 17.9. The molecule has 2 aromatic rings. The van der Waals surface area contributed by atoms with E-state index in [4.69, 9.17) is 0 Å². The van der Waals surface area contributed by atoms with Gasteiger partial charge in [-0.3, -0.25) is 14.4 Å². The number of carbonyl (C=O) groups excluding carboxylic acids is 3. The molecule has 1 spiro atoms. The van der Waals surface area contributed by atoms with E-state index in [2.05, 4.69) is 0 Å². The number of hydrogen-bond acceptors (Lipinski definition) is 7. The molecule has 10 nitrogen and oxygen atoms in total. The molecule has 202 valence electrons. The number of likely N-dealkylation sites (N-methyl/N-ethyl adjacent to an activating group) is 1. The molecule has 0 aromatic heterocycles. The van der Waals surface area contributed by atoms with Crippen LogP contribution in [-0.4, -0.2) is 93.1 Å². The number of sulfonamides is 1. The van der Waals surface area contributed by atoms with Crippen molar-refractivity contribution in [3.63, 3.8) is 0 Å². The van der Waals surface area contributed by atoms with Crippen molar-refractivity contribution < 1.29 is 27.9 Å². The molecule has 2 aliphatic heterocycles. The molecule has 0 saturated carbocycles. The van der Waals surface area contributed by atoms with Gasteiger partial charge < -0.3 is 19.8 Å². The zero-order valence-corrected chi connectivity index (χ0v) is 22.9. The van der Waals surface area contributed by atoms with Crippen molar-refractivity contribution in [3.05, 3.63) is 65.2 Å². The average molecular weight is 541 g/mol. The maximum absolute atomic E-state index is 14.3. The van der Waals surface area contributed by atoms with Crippen LogP contribution in [0.15, 0.2) is 59.0 Å². The summed E-state index contributed by atoms with van der Waals surface area (Å²) in [6, 6.07) is 12.4. The van der Waals surface area contributed by atoms with Gasteiger partial charge in [0.2, 0.25) is 10.0 Å². The van der Waals surface area contributed by atoms with Gasteiger partial charge >= 0.3 is 0 Å². The quantitative estimate of drug-likeness (QED) is 0.308. The summed E-state index contributed by atoms with van der Waals surface area (Å²) in [6.07, 6.45) is 0.630. The number of benzene rings is 2. The Bertz CT molecular complexity index is 1450. The van der Waals surface area contributed by atoms with Crippen LogP contribution in [0.1, 0.15) is 24.5 Å². The summed E-state index contributed by atoms with van der Waals surface area (Å²) in [5.74, 6) is -3.00. The Morgan fingerprint density at radius 3 is 2.29 bits per heavy atom.